The number of methoxy groups -OCH3 is 1. The molecule has 1 aromatic heterocycles. The van der Waals surface area contributed by atoms with Gasteiger partial charge in [0.05, 0.1) is 11.3 Å². The topological polar surface area (TPSA) is 59.4 Å². The molecule has 0 aliphatic heterocycles. The van der Waals surface area contributed by atoms with E-state index in [1.807, 2.05) is 13.0 Å². The Morgan fingerprint density at radius 2 is 2.24 bits per heavy atom. The molecule has 0 unspecified atom stereocenters. The highest BCUT2D eigenvalue weighted by Crippen LogP contribution is 2.26. The number of nitrogens with zero attached hydrogens (tertiary/aromatic N) is 1. The van der Waals surface area contributed by atoms with Crippen molar-refractivity contribution in [2.75, 3.05) is 19.5 Å². The van der Waals surface area contributed by atoms with E-state index in [1.54, 1.807) is 25.8 Å². The molecule has 0 radical (unpaired) electrons. The van der Waals surface area contributed by atoms with Crippen molar-refractivity contribution < 1.29 is 14.6 Å². The number of ether oxygens (including phenoxy) is 1. The fourth-order valence-electron chi connectivity index (χ4n) is 1.55. The zero-order chi connectivity index (χ0) is 12.8. The zero-order valence-electron chi connectivity index (χ0n) is 10.3. The SMILES string of the molecule is COCCCSc1cc(C)nc(C)c1C(=O)O. The average Bonchev–Trinajstić information content (AvgIpc) is 2.22. The lowest BCUT2D eigenvalue weighted by molar-refractivity contribution is 0.0691. The average molecular weight is 255 g/mol. The molecule has 0 aromatic carbocycles. The Bertz CT molecular complexity index is 407. The van der Waals surface area contributed by atoms with E-state index in [2.05, 4.69) is 4.98 Å². The smallest absolute Gasteiger partial charge is 0.338 e. The Morgan fingerprint density at radius 1 is 1.53 bits per heavy atom. The standard InChI is InChI=1S/C12H17NO3S/c1-8-7-10(17-6-4-5-16-3)11(12(14)15)9(2)13-8/h7H,4-6H2,1-3H3,(H,14,15). The van der Waals surface area contributed by atoms with E-state index in [9.17, 15) is 4.79 Å². The van der Waals surface area contributed by atoms with Gasteiger partial charge in [0.25, 0.3) is 0 Å². The normalized spacial score (nSPS) is 10.5. The molecule has 1 aromatic rings. The molecule has 4 nitrogen and oxygen atoms in total. The van der Waals surface area contributed by atoms with Gasteiger partial charge in [0.15, 0.2) is 0 Å². The molecular weight excluding hydrogens is 238 g/mol. The second-order valence-electron chi connectivity index (χ2n) is 3.72. The number of carboxylic acid groups (broad SMARTS) is 1. The van der Waals surface area contributed by atoms with Crippen LogP contribution in [0, 0.1) is 13.8 Å². The monoisotopic (exact) mass is 255 g/mol. The molecule has 1 rings (SSSR count). The van der Waals surface area contributed by atoms with Crippen LogP contribution in [-0.4, -0.2) is 35.5 Å². The van der Waals surface area contributed by atoms with Gasteiger partial charge in [-0.3, -0.25) is 4.98 Å². The first-order valence-electron chi connectivity index (χ1n) is 5.39. The van der Waals surface area contributed by atoms with Gasteiger partial charge in [-0.2, -0.15) is 0 Å². The van der Waals surface area contributed by atoms with Crippen LogP contribution in [0.1, 0.15) is 28.2 Å². The Hall–Kier alpha value is -1.07. The molecule has 0 spiro atoms. The molecule has 1 N–H and O–H groups in total. The largest absolute Gasteiger partial charge is 0.478 e. The highest BCUT2D eigenvalue weighted by atomic mass is 32.2. The highest BCUT2D eigenvalue weighted by molar-refractivity contribution is 7.99. The summed E-state index contributed by atoms with van der Waals surface area (Å²) in [4.78, 5) is 16.1. The molecule has 1 heterocycles. The van der Waals surface area contributed by atoms with Crippen LogP contribution in [0.3, 0.4) is 0 Å². The van der Waals surface area contributed by atoms with Crippen LogP contribution in [0.4, 0.5) is 0 Å². The van der Waals surface area contributed by atoms with Crippen molar-refractivity contribution in [1.82, 2.24) is 4.98 Å². The summed E-state index contributed by atoms with van der Waals surface area (Å²) >= 11 is 1.54. The summed E-state index contributed by atoms with van der Waals surface area (Å²) in [5.74, 6) is -0.0685. The van der Waals surface area contributed by atoms with Crippen molar-refractivity contribution in [1.29, 1.82) is 0 Å². The molecule has 5 heteroatoms. The lowest BCUT2D eigenvalue weighted by Crippen LogP contribution is -2.05. The Balaban J connectivity index is 2.85. The second kappa shape index (κ2) is 6.61. The van der Waals surface area contributed by atoms with Crippen LogP contribution < -0.4 is 0 Å². The molecule has 0 atom stereocenters. The third kappa shape index (κ3) is 4.02. The number of hydrogen-bond acceptors (Lipinski definition) is 4. The fraction of sp³-hybridized carbons (Fsp3) is 0.500. The summed E-state index contributed by atoms with van der Waals surface area (Å²) < 4.78 is 4.96. The van der Waals surface area contributed by atoms with Crippen LogP contribution >= 0.6 is 11.8 Å². The fourth-order valence-corrected chi connectivity index (χ4v) is 2.67. The van der Waals surface area contributed by atoms with E-state index in [-0.39, 0.29) is 0 Å². The van der Waals surface area contributed by atoms with Crippen LogP contribution in [0.2, 0.25) is 0 Å². The van der Waals surface area contributed by atoms with Gasteiger partial charge in [0.2, 0.25) is 0 Å². The van der Waals surface area contributed by atoms with Gasteiger partial charge >= 0.3 is 5.97 Å². The minimum atomic E-state index is -0.913. The summed E-state index contributed by atoms with van der Waals surface area (Å²) in [7, 11) is 1.66. The van der Waals surface area contributed by atoms with E-state index in [4.69, 9.17) is 9.84 Å². The molecule has 0 saturated carbocycles. The number of aryl methyl sites for hydroxylation is 2. The summed E-state index contributed by atoms with van der Waals surface area (Å²) in [5, 5.41) is 9.16. The Morgan fingerprint density at radius 3 is 2.82 bits per heavy atom. The van der Waals surface area contributed by atoms with Gasteiger partial charge in [-0.05, 0) is 26.3 Å². The highest BCUT2D eigenvalue weighted by Gasteiger charge is 2.15. The predicted molar refractivity (Wildman–Crippen MR) is 67.9 cm³/mol. The van der Waals surface area contributed by atoms with Crippen LogP contribution in [0.25, 0.3) is 0 Å². The molecule has 0 aliphatic carbocycles. The predicted octanol–water partition coefficient (Wildman–Crippen LogP) is 2.53. The summed E-state index contributed by atoms with van der Waals surface area (Å²) in [6, 6.07) is 1.83. The number of aromatic nitrogens is 1. The van der Waals surface area contributed by atoms with Crippen molar-refractivity contribution in [3.63, 3.8) is 0 Å². The van der Waals surface area contributed by atoms with Crippen LogP contribution in [0.15, 0.2) is 11.0 Å². The number of hydrogen-bond donors (Lipinski definition) is 1. The number of carboxylic acids is 1. The number of carbonyl (C=O) groups is 1. The number of aromatic carboxylic acids is 1. The summed E-state index contributed by atoms with van der Waals surface area (Å²) in [6.07, 6.45) is 0.903. The number of thioether (sulfide) groups is 1. The van der Waals surface area contributed by atoms with E-state index >= 15 is 0 Å². The minimum Gasteiger partial charge on any atom is -0.478 e. The van der Waals surface area contributed by atoms with Gasteiger partial charge < -0.3 is 9.84 Å². The van der Waals surface area contributed by atoms with Gasteiger partial charge in [-0.1, -0.05) is 0 Å². The first kappa shape index (κ1) is 14.0. The van der Waals surface area contributed by atoms with Crippen molar-refractivity contribution in [2.45, 2.75) is 25.2 Å². The minimum absolute atomic E-state index is 0.318. The molecule has 94 valence electrons. The molecule has 0 saturated heterocycles. The van der Waals surface area contributed by atoms with E-state index in [1.165, 1.54) is 0 Å². The Labute approximate surface area is 105 Å². The van der Waals surface area contributed by atoms with E-state index in [0.717, 1.165) is 22.8 Å². The van der Waals surface area contributed by atoms with Crippen molar-refractivity contribution in [3.8, 4) is 0 Å². The summed E-state index contributed by atoms with van der Waals surface area (Å²) in [5.41, 5.74) is 1.74. The third-order valence-corrected chi connectivity index (χ3v) is 3.38. The lowest BCUT2D eigenvalue weighted by Gasteiger charge is -2.09. The maximum atomic E-state index is 11.2. The quantitative estimate of drug-likeness (QED) is 0.625. The maximum absolute atomic E-state index is 11.2. The first-order chi connectivity index (χ1) is 8.06. The van der Waals surface area contributed by atoms with Crippen molar-refractivity contribution in [3.05, 3.63) is 23.0 Å². The van der Waals surface area contributed by atoms with Crippen molar-refractivity contribution in [2.24, 2.45) is 0 Å². The number of pyridine rings is 1. The second-order valence-corrected chi connectivity index (χ2v) is 4.86. The van der Waals surface area contributed by atoms with E-state index < -0.39 is 5.97 Å². The molecule has 0 fully saturated rings. The number of rotatable bonds is 6. The van der Waals surface area contributed by atoms with Gasteiger partial charge in [0, 0.05) is 30.1 Å². The molecule has 0 aliphatic rings. The van der Waals surface area contributed by atoms with Crippen LogP contribution in [-0.2, 0) is 4.74 Å². The van der Waals surface area contributed by atoms with Gasteiger partial charge in [-0.15, -0.1) is 11.8 Å². The lowest BCUT2D eigenvalue weighted by atomic mass is 10.2. The van der Waals surface area contributed by atoms with Crippen molar-refractivity contribution >= 4 is 17.7 Å². The first-order valence-corrected chi connectivity index (χ1v) is 6.38. The molecule has 0 bridgehead atoms. The third-order valence-electron chi connectivity index (χ3n) is 2.26. The zero-order valence-corrected chi connectivity index (χ0v) is 11.1. The maximum Gasteiger partial charge on any atom is 0.338 e. The molecule has 17 heavy (non-hydrogen) atoms. The van der Waals surface area contributed by atoms with Crippen LogP contribution in [0.5, 0.6) is 0 Å². The Kier molecular flexibility index (Phi) is 5.44. The summed E-state index contributed by atoms with van der Waals surface area (Å²) in [6.45, 7) is 4.30. The molecular formula is C12H17NO3S. The van der Waals surface area contributed by atoms with Gasteiger partial charge in [-0.25, -0.2) is 4.79 Å². The molecule has 0 amide bonds. The van der Waals surface area contributed by atoms with Gasteiger partial charge in [0.1, 0.15) is 0 Å². The van der Waals surface area contributed by atoms with E-state index in [0.29, 0.717) is 17.9 Å².